The summed E-state index contributed by atoms with van der Waals surface area (Å²) in [6.45, 7) is 5.45. The van der Waals surface area contributed by atoms with E-state index in [9.17, 15) is 4.79 Å². The van der Waals surface area contributed by atoms with Gasteiger partial charge in [0.05, 0.1) is 13.2 Å². The summed E-state index contributed by atoms with van der Waals surface area (Å²) in [6.07, 6.45) is 3.25. The van der Waals surface area contributed by atoms with Gasteiger partial charge in [-0.15, -0.1) is 0 Å². The van der Waals surface area contributed by atoms with E-state index < -0.39 is 0 Å². The van der Waals surface area contributed by atoms with E-state index in [2.05, 4.69) is 38.1 Å². The standard InChI is InChI=1S/C23H26O2/c1-18(2)20-13-22(24)15-23(14-20,21-11-7-4-8-12-21)17-25-16-19-9-5-3-6-10-19/h3-13,18H,14-17H2,1-2H3/t23-/m0/s1. The van der Waals surface area contributed by atoms with Crippen molar-refractivity contribution in [3.63, 3.8) is 0 Å². The average Bonchev–Trinajstić information content (AvgIpc) is 2.63. The van der Waals surface area contributed by atoms with Crippen LogP contribution in [-0.4, -0.2) is 12.4 Å². The van der Waals surface area contributed by atoms with Crippen LogP contribution >= 0.6 is 0 Å². The summed E-state index contributed by atoms with van der Waals surface area (Å²) in [5.74, 6) is 0.587. The molecule has 0 spiro atoms. The second-order valence-electron chi connectivity index (χ2n) is 7.32. The maximum absolute atomic E-state index is 12.5. The van der Waals surface area contributed by atoms with Crippen molar-refractivity contribution in [1.82, 2.24) is 0 Å². The van der Waals surface area contributed by atoms with Gasteiger partial charge in [-0.3, -0.25) is 4.79 Å². The van der Waals surface area contributed by atoms with Gasteiger partial charge in [0.2, 0.25) is 0 Å². The van der Waals surface area contributed by atoms with Gasteiger partial charge in [0, 0.05) is 11.8 Å². The Morgan fingerprint density at radius 3 is 2.24 bits per heavy atom. The van der Waals surface area contributed by atoms with Crippen molar-refractivity contribution in [3.05, 3.63) is 83.4 Å². The maximum Gasteiger partial charge on any atom is 0.156 e. The first kappa shape index (κ1) is 17.6. The summed E-state index contributed by atoms with van der Waals surface area (Å²) >= 11 is 0. The Balaban J connectivity index is 1.83. The monoisotopic (exact) mass is 334 g/mol. The topological polar surface area (TPSA) is 26.3 Å². The summed E-state index contributed by atoms with van der Waals surface area (Å²) in [5.41, 5.74) is 3.32. The molecule has 0 heterocycles. The van der Waals surface area contributed by atoms with Crippen molar-refractivity contribution in [2.45, 2.75) is 38.7 Å². The lowest BCUT2D eigenvalue weighted by Gasteiger charge is -2.38. The van der Waals surface area contributed by atoms with E-state index in [0.717, 1.165) is 12.0 Å². The quantitative estimate of drug-likeness (QED) is 0.736. The first-order valence-corrected chi connectivity index (χ1v) is 8.99. The Kier molecular flexibility index (Phi) is 5.50. The Hall–Kier alpha value is -2.19. The fourth-order valence-electron chi connectivity index (χ4n) is 3.59. The number of hydrogen-bond acceptors (Lipinski definition) is 2. The molecule has 2 aromatic rings. The van der Waals surface area contributed by atoms with Crippen LogP contribution in [0.4, 0.5) is 0 Å². The normalized spacial score (nSPS) is 20.6. The molecule has 130 valence electrons. The number of carbonyl (C=O) groups excluding carboxylic acids is 1. The van der Waals surface area contributed by atoms with Gasteiger partial charge in [-0.2, -0.15) is 0 Å². The summed E-state index contributed by atoms with van der Waals surface area (Å²) in [4.78, 5) is 12.5. The third-order valence-corrected chi connectivity index (χ3v) is 5.02. The van der Waals surface area contributed by atoms with Crippen LogP contribution in [0.25, 0.3) is 0 Å². The second-order valence-corrected chi connectivity index (χ2v) is 7.32. The van der Waals surface area contributed by atoms with Crippen LogP contribution in [-0.2, 0) is 21.6 Å². The molecule has 2 aromatic carbocycles. The van der Waals surface area contributed by atoms with Crippen LogP contribution < -0.4 is 0 Å². The lowest BCUT2D eigenvalue weighted by Crippen LogP contribution is -2.38. The van der Waals surface area contributed by atoms with Crippen molar-refractivity contribution in [2.24, 2.45) is 5.92 Å². The van der Waals surface area contributed by atoms with Crippen molar-refractivity contribution in [3.8, 4) is 0 Å². The molecule has 0 N–H and O–H groups in total. The van der Waals surface area contributed by atoms with Gasteiger partial charge in [-0.25, -0.2) is 0 Å². The van der Waals surface area contributed by atoms with Gasteiger partial charge in [0.25, 0.3) is 0 Å². The zero-order valence-electron chi connectivity index (χ0n) is 15.1. The smallest absolute Gasteiger partial charge is 0.156 e. The zero-order valence-corrected chi connectivity index (χ0v) is 15.1. The Morgan fingerprint density at radius 1 is 0.960 bits per heavy atom. The summed E-state index contributed by atoms with van der Waals surface area (Å²) < 4.78 is 6.11. The fraction of sp³-hybridized carbons (Fsp3) is 0.348. The number of rotatable bonds is 6. The highest BCUT2D eigenvalue weighted by atomic mass is 16.5. The fourth-order valence-corrected chi connectivity index (χ4v) is 3.59. The molecule has 0 aromatic heterocycles. The molecule has 0 aliphatic heterocycles. The first-order chi connectivity index (χ1) is 12.1. The van der Waals surface area contributed by atoms with Crippen LogP contribution in [0.3, 0.4) is 0 Å². The highest BCUT2D eigenvalue weighted by molar-refractivity contribution is 5.92. The van der Waals surface area contributed by atoms with Crippen molar-refractivity contribution >= 4 is 5.78 Å². The lowest BCUT2D eigenvalue weighted by molar-refractivity contribution is -0.117. The van der Waals surface area contributed by atoms with E-state index >= 15 is 0 Å². The van der Waals surface area contributed by atoms with Crippen molar-refractivity contribution < 1.29 is 9.53 Å². The molecule has 0 unspecified atom stereocenters. The molecular formula is C23H26O2. The molecular weight excluding hydrogens is 308 g/mol. The third kappa shape index (κ3) is 4.26. The van der Waals surface area contributed by atoms with E-state index in [1.54, 1.807) is 0 Å². The van der Waals surface area contributed by atoms with Gasteiger partial charge in [-0.05, 0) is 29.5 Å². The summed E-state index contributed by atoms with van der Waals surface area (Å²) in [5, 5.41) is 0. The van der Waals surface area contributed by atoms with E-state index in [1.165, 1.54) is 11.1 Å². The van der Waals surface area contributed by atoms with Crippen LogP contribution in [0.2, 0.25) is 0 Å². The third-order valence-electron chi connectivity index (χ3n) is 5.02. The molecule has 1 aliphatic rings. The van der Waals surface area contributed by atoms with Crippen LogP contribution in [0.1, 0.15) is 37.8 Å². The van der Waals surface area contributed by atoms with E-state index in [0.29, 0.717) is 25.6 Å². The molecule has 1 atom stereocenters. The molecule has 25 heavy (non-hydrogen) atoms. The highest BCUT2D eigenvalue weighted by Gasteiger charge is 2.38. The minimum atomic E-state index is -0.262. The lowest BCUT2D eigenvalue weighted by atomic mass is 9.68. The summed E-state index contributed by atoms with van der Waals surface area (Å²) in [6, 6.07) is 20.6. The van der Waals surface area contributed by atoms with Gasteiger partial charge in [0.1, 0.15) is 0 Å². The van der Waals surface area contributed by atoms with Crippen LogP contribution in [0, 0.1) is 5.92 Å². The Morgan fingerprint density at radius 2 is 1.60 bits per heavy atom. The number of ether oxygens (including phenoxy) is 1. The molecule has 0 bridgehead atoms. The number of allylic oxidation sites excluding steroid dienone is 2. The minimum absolute atomic E-state index is 0.210. The van der Waals surface area contributed by atoms with Gasteiger partial charge < -0.3 is 4.74 Å². The molecule has 0 saturated heterocycles. The first-order valence-electron chi connectivity index (χ1n) is 8.99. The summed E-state index contributed by atoms with van der Waals surface area (Å²) in [7, 11) is 0. The van der Waals surface area contributed by atoms with Gasteiger partial charge in [0.15, 0.2) is 5.78 Å². The van der Waals surface area contributed by atoms with E-state index in [1.807, 2.05) is 42.5 Å². The van der Waals surface area contributed by atoms with E-state index in [4.69, 9.17) is 4.74 Å². The minimum Gasteiger partial charge on any atom is -0.376 e. The zero-order chi connectivity index (χ0) is 17.7. The predicted molar refractivity (Wildman–Crippen MR) is 101 cm³/mol. The highest BCUT2D eigenvalue weighted by Crippen LogP contribution is 2.40. The molecule has 2 heteroatoms. The van der Waals surface area contributed by atoms with Crippen LogP contribution in [0.15, 0.2) is 72.3 Å². The molecule has 0 radical (unpaired) electrons. The number of benzene rings is 2. The molecule has 1 aliphatic carbocycles. The average molecular weight is 334 g/mol. The molecule has 0 fully saturated rings. The largest absolute Gasteiger partial charge is 0.376 e. The van der Waals surface area contributed by atoms with Gasteiger partial charge >= 0.3 is 0 Å². The maximum atomic E-state index is 12.5. The molecule has 0 saturated carbocycles. The number of carbonyl (C=O) groups is 1. The van der Waals surface area contributed by atoms with E-state index in [-0.39, 0.29) is 11.2 Å². The van der Waals surface area contributed by atoms with Gasteiger partial charge in [-0.1, -0.05) is 80.1 Å². The molecule has 3 rings (SSSR count). The predicted octanol–water partition coefficient (Wildman–Crippen LogP) is 5.09. The second kappa shape index (κ2) is 7.79. The van der Waals surface area contributed by atoms with Crippen molar-refractivity contribution in [2.75, 3.05) is 6.61 Å². The number of hydrogen-bond donors (Lipinski definition) is 0. The molecule has 2 nitrogen and oxygen atoms in total. The Bertz CT molecular complexity index is 731. The van der Waals surface area contributed by atoms with Crippen LogP contribution in [0.5, 0.6) is 0 Å². The van der Waals surface area contributed by atoms with Crippen molar-refractivity contribution in [1.29, 1.82) is 0 Å². The Labute approximate surface area is 150 Å². The SMILES string of the molecule is CC(C)C1=CC(=O)C[C@@](COCc2ccccc2)(c2ccccc2)C1. The molecule has 0 amide bonds. The number of ketones is 1.